The minimum Gasteiger partial charge on any atom is -0.450 e. The number of anilines is 2. The summed E-state index contributed by atoms with van der Waals surface area (Å²) in [7, 11) is 0. The Balaban J connectivity index is 1.66. The largest absolute Gasteiger partial charge is 0.450 e. The van der Waals surface area contributed by atoms with Crippen LogP contribution in [-0.2, 0) is 0 Å². The number of nitrogens with zero attached hydrogens (tertiary/aromatic N) is 4. The molecule has 0 bridgehead atoms. The molecule has 0 saturated carbocycles. The zero-order chi connectivity index (χ0) is 16.3. The molecule has 0 amide bonds. The van der Waals surface area contributed by atoms with Gasteiger partial charge in [-0.1, -0.05) is 22.0 Å². The number of fused-ring (bicyclic) bond motifs is 4. The Kier molecular flexibility index (Phi) is 3.00. The lowest BCUT2D eigenvalue weighted by molar-refractivity contribution is 0.270. The first-order valence-corrected chi connectivity index (χ1v) is 8.81. The Labute approximate surface area is 147 Å². The number of hydrogen-bond donors (Lipinski definition) is 1. The molecule has 0 aliphatic carbocycles. The van der Waals surface area contributed by atoms with Crippen LogP contribution in [0.3, 0.4) is 0 Å². The van der Waals surface area contributed by atoms with Gasteiger partial charge in [0.2, 0.25) is 5.95 Å². The van der Waals surface area contributed by atoms with Gasteiger partial charge in [0.05, 0.1) is 0 Å². The summed E-state index contributed by atoms with van der Waals surface area (Å²) < 4.78 is 7.07. The van der Waals surface area contributed by atoms with Crippen molar-refractivity contribution in [2.45, 2.75) is 12.5 Å². The summed E-state index contributed by atoms with van der Waals surface area (Å²) in [6, 6.07) is 6.42. The molecule has 0 spiro atoms. The van der Waals surface area contributed by atoms with Crippen LogP contribution in [-0.4, -0.2) is 40.5 Å². The summed E-state index contributed by atoms with van der Waals surface area (Å²) in [5.41, 5.74) is 8.30. The second-order valence-electron chi connectivity index (χ2n) is 6.28. The summed E-state index contributed by atoms with van der Waals surface area (Å²) in [6.45, 7) is 2.80. The van der Waals surface area contributed by atoms with Crippen molar-refractivity contribution >= 4 is 49.8 Å². The molecule has 5 rings (SSSR count). The Morgan fingerprint density at radius 2 is 2.17 bits per heavy atom. The van der Waals surface area contributed by atoms with Crippen LogP contribution in [0.4, 0.5) is 11.8 Å². The van der Waals surface area contributed by atoms with E-state index in [1.807, 2.05) is 18.2 Å². The number of nitrogens with two attached hydrogens (primary N) is 1. The van der Waals surface area contributed by atoms with Gasteiger partial charge in [-0.05, 0) is 30.8 Å². The van der Waals surface area contributed by atoms with Crippen molar-refractivity contribution in [1.82, 2.24) is 14.9 Å². The maximum atomic E-state index is 6.09. The van der Waals surface area contributed by atoms with E-state index in [1.54, 1.807) is 0 Å². The van der Waals surface area contributed by atoms with Crippen LogP contribution in [0.25, 0.3) is 22.1 Å². The van der Waals surface area contributed by atoms with E-state index in [2.05, 4.69) is 48.0 Å². The number of aromatic nitrogens is 2. The predicted octanol–water partition coefficient (Wildman–Crippen LogP) is 3.13. The molecule has 1 atom stereocenters. The zero-order valence-electron chi connectivity index (χ0n) is 12.9. The minimum absolute atomic E-state index is 0.284. The van der Waals surface area contributed by atoms with Gasteiger partial charge in [-0.25, -0.2) is 4.98 Å². The van der Waals surface area contributed by atoms with Gasteiger partial charge in [-0.3, -0.25) is 0 Å². The molecule has 1 unspecified atom stereocenters. The highest BCUT2D eigenvalue weighted by Gasteiger charge is 2.30. The number of hydrogen-bond acceptors (Lipinski definition) is 6. The Morgan fingerprint density at radius 1 is 1.25 bits per heavy atom. The van der Waals surface area contributed by atoms with E-state index >= 15 is 0 Å². The van der Waals surface area contributed by atoms with Crippen LogP contribution in [0.5, 0.6) is 0 Å². The molecule has 1 saturated heterocycles. The summed E-state index contributed by atoms with van der Waals surface area (Å²) in [4.78, 5) is 13.6. The number of furan rings is 1. The third kappa shape index (κ3) is 2.07. The molecular formula is C17H16BrN5O. The van der Waals surface area contributed by atoms with Crippen LogP contribution in [0.15, 0.2) is 39.4 Å². The molecule has 0 radical (unpaired) electrons. The van der Waals surface area contributed by atoms with Crippen molar-refractivity contribution in [2.75, 3.05) is 30.3 Å². The average Bonchev–Trinajstić information content (AvgIpc) is 3.18. The normalized spacial score (nSPS) is 20.3. The fourth-order valence-electron chi connectivity index (χ4n) is 3.65. The first-order chi connectivity index (χ1) is 11.7. The van der Waals surface area contributed by atoms with Crippen LogP contribution < -0.4 is 10.6 Å². The van der Waals surface area contributed by atoms with Gasteiger partial charge in [-0.2, -0.15) is 4.98 Å². The molecule has 122 valence electrons. The van der Waals surface area contributed by atoms with Gasteiger partial charge in [0.1, 0.15) is 11.1 Å². The van der Waals surface area contributed by atoms with E-state index in [9.17, 15) is 0 Å². The van der Waals surface area contributed by atoms with Crippen LogP contribution >= 0.6 is 15.9 Å². The molecule has 6 nitrogen and oxygen atoms in total. The molecule has 2 aromatic heterocycles. The van der Waals surface area contributed by atoms with Crippen molar-refractivity contribution in [3.8, 4) is 0 Å². The van der Waals surface area contributed by atoms with Gasteiger partial charge in [-0.15, -0.1) is 0 Å². The highest BCUT2D eigenvalue weighted by molar-refractivity contribution is 9.10. The van der Waals surface area contributed by atoms with Gasteiger partial charge in [0.15, 0.2) is 11.4 Å². The maximum Gasteiger partial charge on any atom is 0.222 e. The van der Waals surface area contributed by atoms with Crippen molar-refractivity contribution < 1.29 is 4.42 Å². The molecule has 2 N–H and O–H groups in total. The second kappa shape index (κ2) is 5.11. The van der Waals surface area contributed by atoms with Crippen molar-refractivity contribution in [3.05, 3.63) is 34.9 Å². The monoisotopic (exact) mass is 385 g/mol. The highest BCUT2D eigenvalue weighted by atomic mass is 79.9. The number of nitrogen functional groups attached to an aromatic ring is 1. The molecule has 2 aliphatic rings. The number of halogens is 1. The van der Waals surface area contributed by atoms with Crippen molar-refractivity contribution in [2.24, 2.45) is 0 Å². The van der Waals surface area contributed by atoms with Gasteiger partial charge in [0.25, 0.3) is 0 Å². The number of benzene rings is 1. The summed E-state index contributed by atoms with van der Waals surface area (Å²) in [6.07, 6.45) is 5.51. The first-order valence-electron chi connectivity index (χ1n) is 8.02. The van der Waals surface area contributed by atoms with E-state index < -0.39 is 0 Å². The third-order valence-electron chi connectivity index (χ3n) is 4.81. The third-order valence-corrected chi connectivity index (χ3v) is 5.30. The maximum absolute atomic E-state index is 6.09. The lowest BCUT2D eigenvalue weighted by Gasteiger charge is -2.38. The fourth-order valence-corrected chi connectivity index (χ4v) is 4.01. The van der Waals surface area contributed by atoms with E-state index in [1.165, 1.54) is 0 Å². The standard InChI is InChI=1S/C17H16BrN5O/c18-10-3-4-13-12(8-10)14-15(24-13)16(21-17(19)20-14)23-7-6-22-5-1-2-11(22)9-23/h1,3-5,8,11H,2,6-7,9H2,(H2,19,20,21). The Hall–Kier alpha value is -2.28. The number of rotatable bonds is 1. The molecule has 7 heteroatoms. The zero-order valence-corrected chi connectivity index (χ0v) is 14.5. The highest BCUT2D eigenvalue weighted by Crippen LogP contribution is 2.36. The molecule has 1 fully saturated rings. The first kappa shape index (κ1) is 14.1. The summed E-state index contributed by atoms with van der Waals surface area (Å²) in [5.74, 6) is 1.09. The number of piperazine rings is 1. The van der Waals surface area contributed by atoms with Crippen LogP contribution in [0.1, 0.15) is 6.42 Å². The lowest BCUT2D eigenvalue weighted by atomic mass is 10.1. The molecular weight excluding hydrogens is 370 g/mol. The molecule has 4 heterocycles. The molecule has 2 aliphatic heterocycles. The topological polar surface area (TPSA) is 71.4 Å². The van der Waals surface area contributed by atoms with E-state index in [0.717, 1.165) is 58.4 Å². The Bertz CT molecular complexity index is 982. The van der Waals surface area contributed by atoms with Gasteiger partial charge >= 0.3 is 0 Å². The quantitative estimate of drug-likeness (QED) is 0.693. The molecule has 1 aromatic carbocycles. The summed E-state index contributed by atoms with van der Waals surface area (Å²) >= 11 is 3.51. The van der Waals surface area contributed by atoms with Gasteiger partial charge < -0.3 is 20.0 Å². The fraction of sp³-hybridized carbons (Fsp3) is 0.294. The Morgan fingerprint density at radius 3 is 3.08 bits per heavy atom. The molecule has 24 heavy (non-hydrogen) atoms. The molecule has 3 aromatic rings. The van der Waals surface area contributed by atoms with Crippen molar-refractivity contribution in [3.63, 3.8) is 0 Å². The smallest absolute Gasteiger partial charge is 0.222 e. The predicted molar refractivity (Wildman–Crippen MR) is 97.9 cm³/mol. The van der Waals surface area contributed by atoms with Crippen molar-refractivity contribution in [1.29, 1.82) is 0 Å². The van der Waals surface area contributed by atoms with E-state index in [0.29, 0.717) is 6.04 Å². The average molecular weight is 386 g/mol. The minimum atomic E-state index is 0.284. The van der Waals surface area contributed by atoms with E-state index in [4.69, 9.17) is 10.2 Å². The summed E-state index contributed by atoms with van der Waals surface area (Å²) in [5, 5.41) is 0.955. The van der Waals surface area contributed by atoms with Gasteiger partial charge in [0, 0.05) is 35.5 Å². The second-order valence-corrected chi connectivity index (χ2v) is 7.20. The van der Waals surface area contributed by atoms with E-state index in [-0.39, 0.29) is 5.95 Å². The van der Waals surface area contributed by atoms with Crippen LogP contribution in [0, 0.1) is 0 Å². The SMILES string of the molecule is Nc1nc(N2CCN3C=CCC3C2)c2oc3ccc(Br)cc3c2n1. The lowest BCUT2D eigenvalue weighted by Crippen LogP contribution is -2.49. The van der Waals surface area contributed by atoms with Crippen LogP contribution in [0.2, 0.25) is 0 Å².